The van der Waals surface area contributed by atoms with E-state index in [1.807, 2.05) is 13.8 Å². The summed E-state index contributed by atoms with van der Waals surface area (Å²) in [5, 5.41) is 0. The van der Waals surface area contributed by atoms with Crippen molar-refractivity contribution < 1.29 is 13.7 Å². The standard InChI is InChI=1S/C11H12BFO2/c1-8-11(2,3)15-12(14-8)9-4-6-10(13)7-5-9/h4-7H,1H2,2-3H3. The van der Waals surface area contributed by atoms with Crippen LogP contribution in [0.15, 0.2) is 36.6 Å². The van der Waals surface area contributed by atoms with Crippen molar-refractivity contribution in [2.75, 3.05) is 0 Å². The number of rotatable bonds is 1. The van der Waals surface area contributed by atoms with Gasteiger partial charge in [0.15, 0.2) is 0 Å². The minimum absolute atomic E-state index is 0.269. The fraction of sp³-hybridized carbons (Fsp3) is 0.273. The van der Waals surface area contributed by atoms with Crippen LogP contribution in [0.3, 0.4) is 0 Å². The molecule has 0 radical (unpaired) electrons. The second-order valence-electron chi connectivity index (χ2n) is 4.05. The average molecular weight is 206 g/mol. The summed E-state index contributed by atoms with van der Waals surface area (Å²) < 4.78 is 23.8. The predicted molar refractivity (Wildman–Crippen MR) is 57.2 cm³/mol. The summed E-state index contributed by atoms with van der Waals surface area (Å²) in [5.41, 5.74) is 0.308. The molecular formula is C11H12BFO2. The van der Waals surface area contributed by atoms with Gasteiger partial charge in [0, 0.05) is 0 Å². The topological polar surface area (TPSA) is 18.5 Å². The molecule has 1 aromatic carbocycles. The molecule has 0 saturated carbocycles. The van der Waals surface area contributed by atoms with Crippen LogP contribution in [0.1, 0.15) is 13.8 Å². The molecule has 0 unspecified atom stereocenters. The number of halogens is 1. The molecule has 1 fully saturated rings. The van der Waals surface area contributed by atoms with E-state index in [0.717, 1.165) is 5.46 Å². The predicted octanol–water partition coefficient (Wildman–Crippen LogP) is 1.86. The lowest BCUT2D eigenvalue weighted by atomic mass is 9.79. The summed E-state index contributed by atoms with van der Waals surface area (Å²) in [6, 6.07) is 6.07. The van der Waals surface area contributed by atoms with Crippen molar-refractivity contribution in [1.82, 2.24) is 0 Å². The zero-order valence-electron chi connectivity index (χ0n) is 8.79. The van der Waals surface area contributed by atoms with Crippen LogP contribution in [0, 0.1) is 5.82 Å². The Bertz CT molecular complexity index is 386. The molecule has 78 valence electrons. The van der Waals surface area contributed by atoms with Crippen molar-refractivity contribution in [3.8, 4) is 0 Å². The lowest BCUT2D eigenvalue weighted by molar-refractivity contribution is 0.173. The number of hydrogen-bond acceptors (Lipinski definition) is 2. The van der Waals surface area contributed by atoms with E-state index in [1.54, 1.807) is 12.1 Å². The van der Waals surface area contributed by atoms with Crippen molar-refractivity contribution in [2.24, 2.45) is 0 Å². The molecule has 1 saturated heterocycles. The first kappa shape index (κ1) is 10.2. The molecule has 1 aromatic rings. The molecule has 0 aliphatic carbocycles. The molecule has 0 spiro atoms. The molecule has 4 heteroatoms. The third kappa shape index (κ3) is 1.90. The highest BCUT2D eigenvalue weighted by Crippen LogP contribution is 2.28. The zero-order valence-corrected chi connectivity index (χ0v) is 8.79. The maximum absolute atomic E-state index is 12.7. The number of hydrogen-bond donors (Lipinski definition) is 0. The molecule has 15 heavy (non-hydrogen) atoms. The Morgan fingerprint density at radius 1 is 1.27 bits per heavy atom. The minimum Gasteiger partial charge on any atom is -0.534 e. The van der Waals surface area contributed by atoms with Crippen LogP contribution in [-0.2, 0) is 9.31 Å². The molecule has 0 atom stereocenters. The Kier molecular flexibility index (Phi) is 2.31. The van der Waals surface area contributed by atoms with Crippen LogP contribution in [-0.4, -0.2) is 12.7 Å². The van der Waals surface area contributed by atoms with Crippen molar-refractivity contribution >= 4 is 12.6 Å². The van der Waals surface area contributed by atoms with E-state index in [1.165, 1.54) is 12.1 Å². The van der Waals surface area contributed by atoms with Gasteiger partial charge < -0.3 is 9.31 Å². The van der Waals surface area contributed by atoms with Crippen LogP contribution in [0.5, 0.6) is 0 Å². The van der Waals surface area contributed by atoms with Gasteiger partial charge in [-0.2, -0.15) is 0 Å². The van der Waals surface area contributed by atoms with E-state index in [9.17, 15) is 4.39 Å². The second kappa shape index (κ2) is 3.38. The lowest BCUT2D eigenvalue weighted by Crippen LogP contribution is -2.34. The molecule has 1 heterocycles. The fourth-order valence-corrected chi connectivity index (χ4v) is 1.38. The summed E-state index contributed by atoms with van der Waals surface area (Å²) in [4.78, 5) is 0. The first-order valence-corrected chi connectivity index (χ1v) is 4.78. The van der Waals surface area contributed by atoms with Crippen LogP contribution >= 0.6 is 0 Å². The van der Waals surface area contributed by atoms with Crippen LogP contribution in [0.2, 0.25) is 0 Å². The molecule has 0 bridgehead atoms. The summed E-state index contributed by atoms with van der Waals surface area (Å²) in [7, 11) is -0.479. The molecule has 1 aliphatic heterocycles. The monoisotopic (exact) mass is 206 g/mol. The maximum atomic E-state index is 12.7. The van der Waals surface area contributed by atoms with E-state index in [4.69, 9.17) is 9.31 Å². The van der Waals surface area contributed by atoms with Gasteiger partial charge in [0.05, 0.1) is 5.76 Å². The van der Waals surface area contributed by atoms with E-state index in [2.05, 4.69) is 6.58 Å². The number of benzene rings is 1. The van der Waals surface area contributed by atoms with Crippen molar-refractivity contribution in [1.29, 1.82) is 0 Å². The van der Waals surface area contributed by atoms with Crippen LogP contribution < -0.4 is 5.46 Å². The Labute approximate surface area is 88.8 Å². The van der Waals surface area contributed by atoms with Gasteiger partial charge in [-0.1, -0.05) is 18.7 Å². The normalized spacial score (nSPS) is 19.1. The minimum atomic E-state index is -0.487. The third-order valence-electron chi connectivity index (χ3n) is 2.46. The van der Waals surface area contributed by atoms with Crippen LogP contribution in [0.4, 0.5) is 4.39 Å². The van der Waals surface area contributed by atoms with Gasteiger partial charge >= 0.3 is 7.12 Å². The smallest absolute Gasteiger partial charge is 0.534 e. The second-order valence-corrected chi connectivity index (χ2v) is 4.05. The fourth-order valence-electron chi connectivity index (χ4n) is 1.38. The van der Waals surface area contributed by atoms with Gasteiger partial charge in [-0.3, -0.25) is 0 Å². The summed E-state index contributed by atoms with van der Waals surface area (Å²) in [6.45, 7) is 7.55. The van der Waals surface area contributed by atoms with E-state index < -0.39 is 12.7 Å². The van der Waals surface area contributed by atoms with E-state index >= 15 is 0 Å². The average Bonchev–Trinajstić information content (AvgIpc) is 2.42. The largest absolute Gasteiger partial charge is 0.563 e. The molecular weight excluding hydrogens is 194 g/mol. The Balaban J connectivity index is 2.21. The summed E-state index contributed by atoms with van der Waals surface area (Å²) in [6.07, 6.45) is 0. The molecule has 2 nitrogen and oxygen atoms in total. The highest BCUT2D eigenvalue weighted by atomic mass is 19.1. The Morgan fingerprint density at radius 3 is 2.33 bits per heavy atom. The SMILES string of the molecule is C=C1OB(c2ccc(F)cc2)OC1(C)C. The first-order chi connectivity index (χ1) is 6.99. The third-order valence-corrected chi connectivity index (χ3v) is 2.46. The van der Waals surface area contributed by atoms with Crippen molar-refractivity contribution in [3.05, 3.63) is 42.4 Å². The highest BCUT2D eigenvalue weighted by molar-refractivity contribution is 6.62. The Morgan fingerprint density at radius 2 is 1.87 bits per heavy atom. The maximum Gasteiger partial charge on any atom is 0.563 e. The van der Waals surface area contributed by atoms with Crippen LogP contribution in [0.25, 0.3) is 0 Å². The molecule has 1 aliphatic rings. The van der Waals surface area contributed by atoms with Crippen molar-refractivity contribution in [2.45, 2.75) is 19.4 Å². The molecule has 2 rings (SSSR count). The summed E-state index contributed by atoms with van der Waals surface area (Å²) >= 11 is 0. The van der Waals surface area contributed by atoms with Gasteiger partial charge in [0.1, 0.15) is 11.4 Å². The van der Waals surface area contributed by atoms with Gasteiger partial charge in [0.25, 0.3) is 0 Å². The molecule has 0 aromatic heterocycles. The van der Waals surface area contributed by atoms with Gasteiger partial charge in [-0.05, 0) is 31.4 Å². The summed E-state index contributed by atoms with van der Waals surface area (Å²) in [5.74, 6) is 0.326. The first-order valence-electron chi connectivity index (χ1n) is 4.78. The zero-order chi connectivity index (χ0) is 11.1. The van der Waals surface area contributed by atoms with E-state index in [-0.39, 0.29) is 5.82 Å². The molecule has 0 amide bonds. The van der Waals surface area contributed by atoms with Gasteiger partial charge in [-0.25, -0.2) is 4.39 Å². The van der Waals surface area contributed by atoms with E-state index in [0.29, 0.717) is 5.76 Å². The quantitative estimate of drug-likeness (QED) is 0.653. The lowest BCUT2D eigenvalue weighted by Gasteiger charge is -2.15. The van der Waals surface area contributed by atoms with Crippen molar-refractivity contribution in [3.63, 3.8) is 0 Å². The molecule has 0 N–H and O–H groups in total. The van der Waals surface area contributed by atoms with Gasteiger partial charge in [0.2, 0.25) is 0 Å². The Hall–Kier alpha value is -1.29. The van der Waals surface area contributed by atoms with Gasteiger partial charge in [-0.15, -0.1) is 0 Å². The highest BCUT2D eigenvalue weighted by Gasteiger charge is 2.42.